The van der Waals surface area contributed by atoms with Crippen LogP contribution in [-0.4, -0.2) is 0 Å². The van der Waals surface area contributed by atoms with Crippen molar-refractivity contribution in [2.75, 3.05) is 4.90 Å². The number of benzene rings is 11. The first-order chi connectivity index (χ1) is 33.2. The van der Waals surface area contributed by atoms with Crippen LogP contribution in [0.15, 0.2) is 253 Å². The zero-order chi connectivity index (χ0) is 44.3. The molecule has 0 radical (unpaired) electrons. The lowest BCUT2D eigenvalue weighted by atomic mass is 9.97. The SMILES string of the molecule is c1ccc(-c2ccc3c(c2)oc2c(N(c4ccc(-c5ccc(-c6ccc7ccccc7c6)cc5)cc4)c4ccc(-c5ccccc5)c5sc6cc(-c7ccccc7)ccc6c45)cccc23)cc1. The van der Waals surface area contributed by atoms with E-state index < -0.39 is 0 Å². The molecule has 0 aliphatic carbocycles. The van der Waals surface area contributed by atoms with E-state index in [-0.39, 0.29) is 0 Å². The Morgan fingerprint density at radius 2 is 0.866 bits per heavy atom. The number of nitrogens with zero attached hydrogens (tertiary/aromatic N) is 1. The standard InChI is InChI=1S/C64H41NOS/c1-4-13-42(14-5-1)51-31-35-55-56-21-12-22-59(63(56)66-60(55)40-51)65(53-33-29-46(30-34-53)45-23-25-47(26-24-45)50-28-27-44-17-10-11-20-49(44)39-50)58-38-37-54(48-18-8-3-9-19-48)64-62(58)57-36-32-52(41-61(57)67-64)43-15-6-2-7-16-43/h1-41H. The van der Waals surface area contributed by atoms with Gasteiger partial charge in [-0.05, 0) is 115 Å². The summed E-state index contributed by atoms with van der Waals surface area (Å²) in [4.78, 5) is 2.42. The lowest BCUT2D eigenvalue weighted by Gasteiger charge is -2.27. The highest BCUT2D eigenvalue weighted by Crippen LogP contribution is 2.51. The average Bonchev–Trinajstić information content (AvgIpc) is 3.98. The molecule has 11 aromatic carbocycles. The van der Waals surface area contributed by atoms with E-state index in [0.717, 1.165) is 55.7 Å². The van der Waals surface area contributed by atoms with Crippen LogP contribution in [0.1, 0.15) is 0 Å². The van der Waals surface area contributed by atoms with Crippen molar-refractivity contribution in [3.8, 4) is 55.6 Å². The molecule has 0 bridgehead atoms. The van der Waals surface area contributed by atoms with Gasteiger partial charge in [0.2, 0.25) is 0 Å². The summed E-state index contributed by atoms with van der Waals surface area (Å²) in [5.74, 6) is 0. The molecule has 0 N–H and O–H groups in total. The molecule has 0 atom stereocenters. The van der Waals surface area contributed by atoms with Crippen LogP contribution >= 0.6 is 11.3 Å². The van der Waals surface area contributed by atoms with Gasteiger partial charge in [0.25, 0.3) is 0 Å². The fourth-order valence-corrected chi connectivity index (χ4v) is 11.2. The molecule has 314 valence electrons. The number of anilines is 3. The van der Waals surface area contributed by atoms with Crippen molar-refractivity contribution in [3.05, 3.63) is 249 Å². The Bertz CT molecular complexity index is 3950. The monoisotopic (exact) mass is 871 g/mol. The second-order valence-electron chi connectivity index (χ2n) is 17.2. The van der Waals surface area contributed by atoms with E-state index in [0.29, 0.717) is 0 Å². The highest BCUT2D eigenvalue weighted by atomic mass is 32.1. The van der Waals surface area contributed by atoms with Gasteiger partial charge in [0.05, 0.1) is 11.4 Å². The van der Waals surface area contributed by atoms with Crippen LogP contribution in [0.25, 0.3) is 109 Å². The van der Waals surface area contributed by atoms with E-state index in [2.05, 4.69) is 254 Å². The largest absolute Gasteiger partial charge is 0.454 e. The van der Waals surface area contributed by atoms with Gasteiger partial charge in [-0.3, -0.25) is 0 Å². The molecule has 2 aromatic heterocycles. The molecule has 3 heteroatoms. The van der Waals surface area contributed by atoms with Crippen molar-refractivity contribution < 1.29 is 4.42 Å². The average molecular weight is 872 g/mol. The van der Waals surface area contributed by atoms with Crippen LogP contribution < -0.4 is 4.90 Å². The summed E-state index contributed by atoms with van der Waals surface area (Å²) in [6, 6.07) is 90.0. The van der Waals surface area contributed by atoms with Crippen molar-refractivity contribution in [2.24, 2.45) is 0 Å². The summed E-state index contributed by atoms with van der Waals surface area (Å²) in [6.45, 7) is 0. The van der Waals surface area contributed by atoms with Gasteiger partial charge in [0.1, 0.15) is 5.58 Å². The van der Waals surface area contributed by atoms with E-state index in [1.807, 2.05) is 11.3 Å². The van der Waals surface area contributed by atoms with Crippen molar-refractivity contribution in [1.29, 1.82) is 0 Å². The Labute approximate surface area is 392 Å². The Hall–Kier alpha value is -8.50. The molecular formula is C64H41NOS. The third-order valence-corrected chi connectivity index (χ3v) is 14.5. The fourth-order valence-electron chi connectivity index (χ4n) is 9.91. The molecule has 0 unspecified atom stereocenters. The number of furan rings is 1. The maximum absolute atomic E-state index is 7.03. The number of hydrogen-bond acceptors (Lipinski definition) is 3. The summed E-state index contributed by atoms with van der Waals surface area (Å²) in [5.41, 5.74) is 16.7. The van der Waals surface area contributed by atoms with Gasteiger partial charge in [-0.1, -0.05) is 200 Å². The van der Waals surface area contributed by atoms with Crippen molar-refractivity contribution in [3.63, 3.8) is 0 Å². The molecule has 0 aliphatic heterocycles. The van der Waals surface area contributed by atoms with Crippen LogP contribution in [0.5, 0.6) is 0 Å². The normalized spacial score (nSPS) is 11.6. The van der Waals surface area contributed by atoms with Gasteiger partial charge < -0.3 is 9.32 Å². The molecule has 67 heavy (non-hydrogen) atoms. The van der Waals surface area contributed by atoms with Gasteiger partial charge in [-0.25, -0.2) is 0 Å². The molecule has 0 spiro atoms. The molecule has 0 fully saturated rings. The van der Waals surface area contributed by atoms with Gasteiger partial charge >= 0.3 is 0 Å². The second kappa shape index (κ2) is 16.2. The maximum atomic E-state index is 7.03. The predicted octanol–water partition coefficient (Wildman–Crippen LogP) is 18.9. The molecule has 0 saturated carbocycles. The number of para-hydroxylation sites is 1. The van der Waals surface area contributed by atoms with Crippen LogP contribution in [-0.2, 0) is 0 Å². The van der Waals surface area contributed by atoms with Gasteiger partial charge in [-0.2, -0.15) is 0 Å². The van der Waals surface area contributed by atoms with E-state index in [1.165, 1.54) is 69.9 Å². The van der Waals surface area contributed by atoms with Crippen molar-refractivity contribution in [1.82, 2.24) is 0 Å². The van der Waals surface area contributed by atoms with Gasteiger partial charge in [0.15, 0.2) is 5.58 Å². The molecule has 0 amide bonds. The lowest BCUT2D eigenvalue weighted by molar-refractivity contribution is 0.669. The van der Waals surface area contributed by atoms with Crippen LogP contribution in [0, 0.1) is 0 Å². The Balaban J connectivity index is 0.993. The van der Waals surface area contributed by atoms with Gasteiger partial charge in [-0.15, -0.1) is 11.3 Å². The minimum atomic E-state index is 0.849. The van der Waals surface area contributed by atoms with E-state index in [4.69, 9.17) is 4.42 Å². The van der Waals surface area contributed by atoms with Crippen LogP contribution in [0.2, 0.25) is 0 Å². The third-order valence-electron chi connectivity index (χ3n) is 13.3. The topological polar surface area (TPSA) is 16.4 Å². The summed E-state index contributed by atoms with van der Waals surface area (Å²) < 4.78 is 9.53. The summed E-state index contributed by atoms with van der Waals surface area (Å²) >= 11 is 1.87. The lowest BCUT2D eigenvalue weighted by Crippen LogP contribution is -2.10. The van der Waals surface area contributed by atoms with Crippen molar-refractivity contribution >= 4 is 81.3 Å². The predicted molar refractivity (Wildman–Crippen MR) is 286 cm³/mol. The fraction of sp³-hybridized carbons (Fsp3) is 0. The molecule has 0 saturated heterocycles. The number of thiophene rings is 1. The highest BCUT2D eigenvalue weighted by molar-refractivity contribution is 7.26. The smallest absolute Gasteiger partial charge is 0.159 e. The maximum Gasteiger partial charge on any atom is 0.159 e. The molecule has 13 rings (SSSR count). The van der Waals surface area contributed by atoms with E-state index >= 15 is 0 Å². The number of rotatable bonds is 8. The Morgan fingerprint density at radius 1 is 0.328 bits per heavy atom. The first-order valence-electron chi connectivity index (χ1n) is 22.8. The molecule has 13 aromatic rings. The zero-order valence-corrected chi connectivity index (χ0v) is 37.3. The zero-order valence-electron chi connectivity index (χ0n) is 36.4. The number of fused-ring (bicyclic) bond motifs is 7. The summed E-state index contributed by atoms with van der Waals surface area (Å²) in [7, 11) is 0. The highest BCUT2D eigenvalue weighted by Gasteiger charge is 2.25. The number of hydrogen-bond donors (Lipinski definition) is 0. The second-order valence-corrected chi connectivity index (χ2v) is 18.3. The third kappa shape index (κ3) is 6.88. The Morgan fingerprint density at radius 3 is 1.57 bits per heavy atom. The van der Waals surface area contributed by atoms with Crippen LogP contribution in [0.3, 0.4) is 0 Å². The minimum absolute atomic E-state index is 0.849. The Kier molecular flexibility index (Phi) is 9.40. The van der Waals surface area contributed by atoms with E-state index in [9.17, 15) is 0 Å². The minimum Gasteiger partial charge on any atom is -0.454 e. The van der Waals surface area contributed by atoms with Crippen molar-refractivity contribution in [2.45, 2.75) is 0 Å². The summed E-state index contributed by atoms with van der Waals surface area (Å²) in [5, 5.41) is 7.12. The summed E-state index contributed by atoms with van der Waals surface area (Å²) in [6.07, 6.45) is 0. The quantitative estimate of drug-likeness (QED) is 0.151. The first-order valence-corrected chi connectivity index (χ1v) is 23.6. The molecular weight excluding hydrogens is 831 g/mol. The molecule has 2 nitrogen and oxygen atoms in total. The van der Waals surface area contributed by atoms with E-state index in [1.54, 1.807) is 0 Å². The van der Waals surface area contributed by atoms with Crippen LogP contribution in [0.4, 0.5) is 17.1 Å². The van der Waals surface area contributed by atoms with Gasteiger partial charge in [0, 0.05) is 36.6 Å². The molecule has 2 heterocycles. The first kappa shape index (κ1) is 38.9. The molecule has 0 aliphatic rings.